The predicted octanol–water partition coefficient (Wildman–Crippen LogP) is 1.02. The fourth-order valence-corrected chi connectivity index (χ4v) is 1.36. The lowest BCUT2D eigenvalue weighted by Gasteiger charge is -2.25. The number of rotatable bonds is 5. The van der Waals surface area contributed by atoms with Crippen molar-refractivity contribution in [3.05, 3.63) is 23.9 Å². The molecule has 0 saturated heterocycles. The van der Waals surface area contributed by atoms with Crippen LogP contribution < -0.4 is 11.1 Å². The molecule has 0 atom stereocenters. The quantitative estimate of drug-likeness (QED) is 0.781. The van der Waals surface area contributed by atoms with Gasteiger partial charge in [0.15, 0.2) is 0 Å². The van der Waals surface area contributed by atoms with Crippen molar-refractivity contribution in [2.75, 3.05) is 19.0 Å². The van der Waals surface area contributed by atoms with Crippen LogP contribution in [0, 0.1) is 0 Å². The van der Waals surface area contributed by atoms with Crippen molar-refractivity contribution in [2.45, 2.75) is 19.4 Å². The van der Waals surface area contributed by atoms with Gasteiger partial charge in [0.05, 0.1) is 17.7 Å². The van der Waals surface area contributed by atoms with Crippen LogP contribution in [0.3, 0.4) is 0 Å². The Morgan fingerprint density at radius 3 is 2.69 bits per heavy atom. The number of primary amides is 1. The first kappa shape index (κ1) is 12.4. The second-order valence-electron chi connectivity index (χ2n) is 4.24. The van der Waals surface area contributed by atoms with Gasteiger partial charge in [0.25, 0.3) is 0 Å². The van der Waals surface area contributed by atoms with Crippen molar-refractivity contribution in [3.8, 4) is 0 Å². The van der Waals surface area contributed by atoms with E-state index in [2.05, 4.69) is 10.3 Å². The Labute approximate surface area is 95.0 Å². The van der Waals surface area contributed by atoms with Crippen LogP contribution in [-0.4, -0.2) is 30.1 Å². The number of nitrogens with zero attached hydrogens (tertiary/aromatic N) is 1. The average Bonchev–Trinajstić information content (AvgIpc) is 2.17. The minimum absolute atomic E-state index is 0.212. The second-order valence-corrected chi connectivity index (χ2v) is 4.24. The number of amides is 1. The van der Waals surface area contributed by atoms with Gasteiger partial charge in [-0.05, 0) is 26.0 Å². The van der Waals surface area contributed by atoms with E-state index in [4.69, 9.17) is 10.5 Å². The summed E-state index contributed by atoms with van der Waals surface area (Å²) >= 11 is 0. The summed E-state index contributed by atoms with van der Waals surface area (Å²) in [6.45, 7) is 4.56. The lowest BCUT2D eigenvalue weighted by atomic mass is 10.1. The van der Waals surface area contributed by atoms with Crippen LogP contribution in [-0.2, 0) is 4.74 Å². The van der Waals surface area contributed by atoms with E-state index in [9.17, 15) is 4.79 Å². The average molecular weight is 223 g/mol. The summed E-state index contributed by atoms with van der Waals surface area (Å²) in [4.78, 5) is 14.9. The molecule has 1 aromatic rings. The highest BCUT2D eigenvalue weighted by Gasteiger charge is 2.17. The van der Waals surface area contributed by atoms with Crippen LogP contribution in [0.1, 0.15) is 24.2 Å². The van der Waals surface area contributed by atoms with Crippen molar-refractivity contribution in [2.24, 2.45) is 5.73 Å². The minimum Gasteiger partial charge on any atom is -0.382 e. The smallest absolute Gasteiger partial charge is 0.250 e. The van der Waals surface area contributed by atoms with Crippen molar-refractivity contribution in [1.29, 1.82) is 0 Å². The zero-order valence-corrected chi connectivity index (χ0v) is 9.78. The van der Waals surface area contributed by atoms with Crippen LogP contribution in [0.2, 0.25) is 0 Å². The molecule has 0 spiro atoms. The third-order valence-electron chi connectivity index (χ3n) is 2.02. The van der Waals surface area contributed by atoms with Crippen LogP contribution in [0.5, 0.6) is 0 Å². The molecule has 0 fully saturated rings. The Hall–Kier alpha value is -1.62. The van der Waals surface area contributed by atoms with Gasteiger partial charge in [-0.25, -0.2) is 4.98 Å². The molecule has 0 aliphatic heterocycles. The van der Waals surface area contributed by atoms with Gasteiger partial charge in [-0.1, -0.05) is 0 Å². The molecular weight excluding hydrogens is 206 g/mol. The lowest BCUT2D eigenvalue weighted by molar-refractivity contribution is 0.1000. The molecular formula is C11H17N3O2. The van der Waals surface area contributed by atoms with Crippen molar-refractivity contribution in [3.63, 3.8) is 0 Å². The predicted molar refractivity (Wildman–Crippen MR) is 62.3 cm³/mol. The molecule has 0 saturated carbocycles. The number of ether oxygens (including phenoxy) is 1. The number of nitrogens with one attached hydrogen (secondary N) is 1. The summed E-state index contributed by atoms with van der Waals surface area (Å²) in [6, 6.07) is 3.36. The van der Waals surface area contributed by atoms with Gasteiger partial charge in [-0.2, -0.15) is 0 Å². The molecule has 1 aromatic heterocycles. The summed E-state index contributed by atoms with van der Waals surface area (Å²) in [5, 5.41) is 3.20. The Kier molecular flexibility index (Phi) is 3.84. The number of methoxy groups -OCH3 is 1. The fourth-order valence-electron chi connectivity index (χ4n) is 1.36. The number of hydrogen-bond donors (Lipinski definition) is 2. The van der Waals surface area contributed by atoms with Gasteiger partial charge in [0, 0.05) is 13.3 Å². The molecule has 1 heterocycles. The third kappa shape index (κ3) is 3.51. The largest absolute Gasteiger partial charge is 0.382 e. The maximum atomic E-state index is 10.8. The van der Waals surface area contributed by atoms with Gasteiger partial charge in [0.1, 0.15) is 5.82 Å². The van der Waals surface area contributed by atoms with E-state index in [1.54, 1.807) is 19.2 Å². The number of carbonyl (C=O) groups is 1. The summed E-state index contributed by atoms with van der Waals surface area (Å²) in [5.41, 5.74) is 5.31. The zero-order valence-electron chi connectivity index (χ0n) is 9.78. The van der Waals surface area contributed by atoms with E-state index in [1.165, 1.54) is 6.20 Å². The molecule has 88 valence electrons. The maximum absolute atomic E-state index is 10.8. The normalized spacial score (nSPS) is 11.2. The molecule has 5 nitrogen and oxygen atoms in total. The zero-order chi connectivity index (χ0) is 12.2. The molecule has 5 heteroatoms. The summed E-state index contributed by atoms with van der Waals surface area (Å²) in [6.07, 6.45) is 1.45. The van der Waals surface area contributed by atoms with Gasteiger partial charge >= 0.3 is 0 Å². The molecule has 0 aliphatic rings. The topological polar surface area (TPSA) is 77.2 Å². The van der Waals surface area contributed by atoms with Crippen LogP contribution in [0.4, 0.5) is 5.82 Å². The highest BCUT2D eigenvalue weighted by molar-refractivity contribution is 5.92. The number of anilines is 1. The van der Waals surface area contributed by atoms with Gasteiger partial charge < -0.3 is 15.8 Å². The standard InChI is InChI=1S/C11H17N3O2/c1-11(2,7-16-3)14-9-5-4-8(6-13-9)10(12)15/h4-6H,7H2,1-3H3,(H2,12,15)(H,13,14). The molecule has 16 heavy (non-hydrogen) atoms. The van der Waals surface area contributed by atoms with Crippen LogP contribution >= 0.6 is 0 Å². The molecule has 0 unspecified atom stereocenters. The van der Waals surface area contributed by atoms with E-state index in [0.29, 0.717) is 18.0 Å². The summed E-state index contributed by atoms with van der Waals surface area (Å²) in [5.74, 6) is 0.210. The highest BCUT2D eigenvalue weighted by atomic mass is 16.5. The van der Waals surface area contributed by atoms with E-state index < -0.39 is 5.91 Å². The molecule has 3 N–H and O–H groups in total. The molecule has 0 radical (unpaired) electrons. The Balaban J connectivity index is 2.72. The first-order chi connectivity index (χ1) is 7.44. The number of hydrogen-bond acceptors (Lipinski definition) is 4. The van der Waals surface area contributed by atoms with Crippen molar-refractivity contribution >= 4 is 11.7 Å². The van der Waals surface area contributed by atoms with Crippen LogP contribution in [0.25, 0.3) is 0 Å². The Bertz CT molecular complexity index is 360. The van der Waals surface area contributed by atoms with Crippen molar-refractivity contribution in [1.82, 2.24) is 4.98 Å². The fraction of sp³-hybridized carbons (Fsp3) is 0.455. The lowest BCUT2D eigenvalue weighted by Crippen LogP contribution is -2.36. The third-order valence-corrected chi connectivity index (χ3v) is 2.02. The number of aromatic nitrogens is 1. The number of nitrogens with two attached hydrogens (primary N) is 1. The molecule has 0 aromatic carbocycles. The minimum atomic E-state index is -0.477. The second kappa shape index (κ2) is 4.94. The molecule has 0 bridgehead atoms. The Morgan fingerprint density at radius 2 is 2.25 bits per heavy atom. The first-order valence-corrected chi connectivity index (χ1v) is 4.97. The monoisotopic (exact) mass is 223 g/mol. The van der Waals surface area contributed by atoms with Gasteiger partial charge in [-0.15, -0.1) is 0 Å². The molecule has 0 aliphatic carbocycles. The van der Waals surface area contributed by atoms with E-state index >= 15 is 0 Å². The van der Waals surface area contributed by atoms with Gasteiger partial charge in [-0.3, -0.25) is 4.79 Å². The Morgan fingerprint density at radius 1 is 1.56 bits per heavy atom. The molecule has 1 amide bonds. The number of pyridine rings is 1. The van der Waals surface area contributed by atoms with E-state index in [1.807, 2.05) is 13.8 Å². The van der Waals surface area contributed by atoms with E-state index in [-0.39, 0.29) is 5.54 Å². The first-order valence-electron chi connectivity index (χ1n) is 4.97. The van der Waals surface area contributed by atoms with Crippen molar-refractivity contribution < 1.29 is 9.53 Å². The van der Waals surface area contributed by atoms with E-state index in [0.717, 1.165) is 0 Å². The number of carbonyl (C=O) groups excluding carboxylic acids is 1. The highest BCUT2D eigenvalue weighted by Crippen LogP contribution is 2.13. The molecule has 1 rings (SSSR count). The maximum Gasteiger partial charge on any atom is 0.250 e. The SMILES string of the molecule is COCC(C)(C)Nc1ccc(C(N)=O)cn1. The summed E-state index contributed by atoms with van der Waals surface area (Å²) in [7, 11) is 1.65. The summed E-state index contributed by atoms with van der Waals surface area (Å²) < 4.78 is 5.08. The van der Waals surface area contributed by atoms with Crippen LogP contribution in [0.15, 0.2) is 18.3 Å². The van der Waals surface area contributed by atoms with Gasteiger partial charge in [0.2, 0.25) is 5.91 Å².